The van der Waals surface area contributed by atoms with Gasteiger partial charge in [-0.3, -0.25) is 0 Å². The van der Waals surface area contributed by atoms with Gasteiger partial charge >= 0.3 is 0 Å². The van der Waals surface area contributed by atoms with Crippen LogP contribution in [0.1, 0.15) is 24.1 Å². The van der Waals surface area contributed by atoms with E-state index >= 15 is 0 Å². The van der Waals surface area contributed by atoms with Crippen molar-refractivity contribution >= 4 is 5.82 Å². The molecular formula is C14H20N4O. The van der Waals surface area contributed by atoms with Gasteiger partial charge in [-0.1, -0.05) is 6.92 Å². The molecule has 2 aromatic rings. The van der Waals surface area contributed by atoms with Crippen LogP contribution in [0, 0.1) is 6.92 Å². The van der Waals surface area contributed by atoms with Crippen molar-refractivity contribution in [2.75, 3.05) is 18.5 Å². The zero-order chi connectivity index (χ0) is 13.7. The van der Waals surface area contributed by atoms with E-state index in [2.05, 4.69) is 22.4 Å². The molecule has 0 aromatic carbocycles. The van der Waals surface area contributed by atoms with Crippen molar-refractivity contribution in [1.29, 1.82) is 0 Å². The predicted octanol–water partition coefficient (Wildman–Crippen LogP) is 2.12. The molecule has 102 valence electrons. The first kappa shape index (κ1) is 13.5. The van der Waals surface area contributed by atoms with Gasteiger partial charge in [0.2, 0.25) is 0 Å². The number of aryl methyl sites for hydroxylation is 1. The van der Waals surface area contributed by atoms with Gasteiger partial charge in [-0.15, -0.1) is 5.10 Å². The average molecular weight is 260 g/mol. The Bertz CT molecular complexity index is 506. The molecule has 0 atom stereocenters. The summed E-state index contributed by atoms with van der Waals surface area (Å²) in [5, 5.41) is 11.7. The molecule has 0 saturated heterocycles. The van der Waals surface area contributed by atoms with Gasteiger partial charge in [0.1, 0.15) is 11.5 Å². The van der Waals surface area contributed by atoms with Crippen molar-refractivity contribution < 1.29 is 4.42 Å². The first-order chi connectivity index (χ1) is 9.19. The average Bonchev–Trinajstić information content (AvgIpc) is 2.82. The SMILES string of the molecule is CCNCc1ccc(N(C)Cc2ccc(C)o2)nn1. The molecule has 0 unspecified atom stereocenters. The number of anilines is 1. The normalized spacial score (nSPS) is 10.7. The van der Waals surface area contributed by atoms with Gasteiger partial charge in [-0.25, -0.2) is 0 Å². The summed E-state index contributed by atoms with van der Waals surface area (Å²) < 4.78 is 5.55. The Morgan fingerprint density at radius 1 is 1.21 bits per heavy atom. The Hall–Kier alpha value is -1.88. The molecule has 0 radical (unpaired) electrons. The van der Waals surface area contributed by atoms with Gasteiger partial charge in [0.25, 0.3) is 0 Å². The molecule has 0 fully saturated rings. The van der Waals surface area contributed by atoms with E-state index in [9.17, 15) is 0 Å². The third kappa shape index (κ3) is 3.79. The van der Waals surface area contributed by atoms with Gasteiger partial charge in [-0.2, -0.15) is 5.10 Å². The molecular weight excluding hydrogens is 240 g/mol. The molecule has 19 heavy (non-hydrogen) atoms. The zero-order valence-electron chi connectivity index (χ0n) is 11.7. The number of hydrogen-bond acceptors (Lipinski definition) is 5. The molecule has 2 rings (SSSR count). The molecule has 0 bridgehead atoms. The van der Waals surface area contributed by atoms with Crippen molar-refractivity contribution in [2.24, 2.45) is 0 Å². The van der Waals surface area contributed by atoms with E-state index in [-0.39, 0.29) is 0 Å². The molecule has 5 heteroatoms. The summed E-state index contributed by atoms with van der Waals surface area (Å²) in [4.78, 5) is 2.02. The smallest absolute Gasteiger partial charge is 0.151 e. The van der Waals surface area contributed by atoms with Crippen molar-refractivity contribution in [3.8, 4) is 0 Å². The standard InChI is InChI=1S/C14H20N4O/c1-4-15-9-12-6-8-14(17-16-12)18(3)10-13-7-5-11(2)19-13/h5-8,15H,4,9-10H2,1-3H3. The topological polar surface area (TPSA) is 54.2 Å². The lowest BCUT2D eigenvalue weighted by Gasteiger charge is -2.16. The minimum Gasteiger partial charge on any atom is -0.464 e. The predicted molar refractivity (Wildman–Crippen MR) is 75.0 cm³/mol. The first-order valence-corrected chi connectivity index (χ1v) is 6.49. The fraction of sp³-hybridized carbons (Fsp3) is 0.429. The molecule has 0 amide bonds. The van der Waals surface area contributed by atoms with E-state index < -0.39 is 0 Å². The minimum atomic E-state index is 0.690. The Balaban J connectivity index is 1.97. The highest BCUT2D eigenvalue weighted by molar-refractivity contribution is 5.36. The lowest BCUT2D eigenvalue weighted by molar-refractivity contribution is 0.481. The molecule has 0 aliphatic carbocycles. The van der Waals surface area contributed by atoms with Crippen LogP contribution < -0.4 is 10.2 Å². The highest BCUT2D eigenvalue weighted by Crippen LogP contribution is 2.13. The maximum absolute atomic E-state index is 5.55. The summed E-state index contributed by atoms with van der Waals surface area (Å²) in [6, 6.07) is 7.93. The van der Waals surface area contributed by atoms with E-state index in [0.717, 1.165) is 36.1 Å². The summed E-state index contributed by atoms with van der Waals surface area (Å²) >= 11 is 0. The van der Waals surface area contributed by atoms with Gasteiger partial charge in [0.15, 0.2) is 5.82 Å². The van der Waals surface area contributed by atoms with E-state index in [1.54, 1.807) is 0 Å². The van der Waals surface area contributed by atoms with Crippen LogP contribution in [-0.4, -0.2) is 23.8 Å². The number of nitrogens with zero attached hydrogens (tertiary/aromatic N) is 3. The van der Waals surface area contributed by atoms with Crippen LogP contribution in [0.5, 0.6) is 0 Å². The first-order valence-electron chi connectivity index (χ1n) is 6.49. The van der Waals surface area contributed by atoms with Crippen LogP contribution in [0.4, 0.5) is 5.82 Å². The summed E-state index contributed by atoms with van der Waals surface area (Å²) in [6.07, 6.45) is 0. The molecule has 2 heterocycles. The second kappa shape index (κ2) is 6.33. The van der Waals surface area contributed by atoms with Crippen LogP contribution in [0.2, 0.25) is 0 Å². The number of furan rings is 1. The van der Waals surface area contributed by atoms with Gasteiger partial charge in [-0.05, 0) is 37.7 Å². The van der Waals surface area contributed by atoms with Gasteiger partial charge in [0, 0.05) is 13.6 Å². The molecule has 0 spiro atoms. The third-order valence-corrected chi connectivity index (χ3v) is 2.84. The summed E-state index contributed by atoms with van der Waals surface area (Å²) in [7, 11) is 1.98. The molecule has 0 aliphatic heterocycles. The molecule has 0 aliphatic rings. The minimum absolute atomic E-state index is 0.690. The summed E-state index contributed by atoms with van der Waals surface area (Å²) in [5.41, 5.74) is 0.952. The van der Waals surface area contributed by atoms with E-state index in [0.29, 0.717) is 6.54 Å². The number of nitrogens with one attached hydrogen (secondary N) is 1. The van der Waals surface area contributed by atoms with Crippen LogP contribution in [0.15, 0.2) is 28.7 Å². The maximum Gasteiger partial charge on any atom is 0.151 e. The molecule has 1 N–H and O–H groups in total. The van der Waals surface area contributed by atoms with Crippen LogP contribution in [0.25, 0.3) is 0 Å². The Morgan fingerprint density at radius 2 is 2.05 bits per heavy atom. The summed E-state index contributed by atoms with van der Waals surface area (Å²) in [6.45, 7) is 6.39. The largest absolute Gasteiger partial charge is 0.464 e. The zero-order valence-corrected chi connectivity index (χ0v) is 11.7. The number of aromatic nitrogens is 2. The van der Waals surface area contributed by atoms with Crippen molar-refractivity contribution in [3.63, 3.8) is 0 Å². The van der Waals surface area contributed by atoms with Crippen LogP contribution in [-0.2, 0) is 13.1 Å². The molecule has 0 saturated carbocycles. The van der Waals surface area contributed by atoms with E-state index in [1.165, 1.54) is 0 Å². The quantitative estimate of drug-likeness (QED) is 0.862. The Kier molecular flexibility index (Phi) is 4.52. The highest BCUT2D eigenvalue weighted by atomic mass is 16.3. The maximum atomic E-state index is 5.55. The van der Waals surface area contributed by atoms with Crippen LogP contribution >= 0.6 is 0 Å². The Morgan fingerprint density at radius 3 is 2.63 bits per heavy atom. The fourth-order valence-electron chi connectivity index (χ4n) is 1.79. The lowest BCUT2D eigenvalue weighted by Crippen LogP contribution is -2.19. The number of hydrogen-bond donors (Lipinski definition) is 1. The molecule has 2 aromatic heterocycles. The van der Waals surface area contributed by atoms with Crippen molar-refractivity contribution in [1.82, 2.24) is 15.5 Å². The van der Waals surface area contributed by atoms with Crippen molar-refractivity contribution in [2.45, 2.75) is 26.9 Å². The van der Waals surface area contributed by atoms with Crippen LogP contribution in [0.3, 0.4) is 0 Å². The van der Waals surface area contributed by atoms with Gasteiger partial charge < -0.3 is 14.6 Å². The van der Waals surface area contributed by atoms with Crippen molar-refractivity contribution in [3.05, 3.63) is 41.5 Å². The van der Waals surface area contributed by atoms with Gasteiger partial charge in [0.05, 0.1) is 12.2 Å². The van der Waals surface area contributed by atoms with E-state index in [1.807, 2.05) is 43.1 Å². The highest BCUT2D eigenvalue weighted by Gasteiger charge is 2.07. The Labute approximate surface area is 113 Å². The molecule has 5 nitrogen and oxygen atoms in total. The monoisotopic (exact) mass is 260 g/mol. The lowest BCUT2D eigenvalue weighted by atomic mass is 10.3. The third-order valence-electron chi connectivity index (χ3n) is 2.84. The second-order valence-corrected chi connectivity index (χ2v) is 4.53. The summed E-state index contributed by atoms with van der Waals surface area (Å²) in [5.74, 6) is 2.70. The van der Waals surface area contributed by atoms with E-state index in [4.69, 9.17) is 4.42 Å². The second-order valence-electron chi connectivity index (χ2n) is 4.53. The fourth-order valence-corrected chi connectivity index (χ4v) is 1.79. The number of rotatable bonds is 6.